The number of ether oxygens (including phenoxy) is 4. The molecule has 7 heteroatoms. The summed E-state index contributed by atoms with van der Waals surface area (Å²) in [6.45, 7) is 0. The second kappa shape index (κ2) is 6.03. The number of fused-ring (bicyclic) bond motifs is 1. The van der Waals surface area contributed by atoms with Crippen molar-refractivity contribution < 1.29 is 28.5 Å². The molecule has 0 unspecified atom stereocenters. The third kappa shape index (κ3) is 2.41. The van der Waals surface area contributed by atoms with Gasteiger partial charge in [0.05, 0.1) is 19.8 Å². The molecule has 2 aliphatic heterocycles. The van der Waals surface area contributed by atoms with Crippen molar-refractivity contribution in [3.8, 4) is 11.5 Å². The van der Waals surface area contributed by atoms with E-state index in [0.717, 1.165) is 0 Å². The Bertz CT molecular complexity index is 1000. The zero-order chi connectivity index (χ0) is 18.3. The molecule has 0 atom stereocenters. The summed E-state index contributed by atoms with van der Waals surface area (Å²) in [4.78, 5) is 28.5. The van der Waals surface area contributed by atoms with Gasteiger partial charge in [-0.2, -0.15) is 0 Å². The smallest absolute Gasteiger partial charge is 0.367 e. The number of hydrogen-bond acceptors (Lipinski definition) is 7. The molecule has 0 aliphatic carbocycles. The van der Waals surface area contributed by atoms with Crippen LogP contribution in [-0.2, 0) is 14.3 Å². The lowest BCUT2D eigenvalue weighted by Gasteiger charge is -2.08. The highest BCUT2D eigenvalue weighted by molar-refractivity contribution is 6.16. The van der Waals surface area contributed by atoms with E-state index in [4.69, 9.17) is 18.9 Å². The van der Waals surface area contributed by atoms with E-state index in [1.165, 1.54) is 14.2 Å². The van der Waals surface area contributed by atoms with Crippen LogP contribution >= 0.6 is 0 Å². The quantitative estimate of drug-likeness (QED) is 0.624. The van der Waals surface area contributed by atoms with E-state index in [-0.39, 0.29) is 17.4 Å². The van der Waals surface area contributed by atoms with Crippen LogP contribution in [0.1, 0.15) is 21.5 Å². The Labute approximate surface area is 148 Å². The van der Waals surface area contributed by atoms with Crippen molar-refractivity contribution in [3.63, 3.8) is 0 Å². The zero-order valence-electron chi connectivity index (χ0n) is 13.9. The van der Waals surface area contributed by atoms with Crippen molar-refractivity contribution in [1.29, 1.82) is 0 Å². The highest BCUT2D eigenvalue weighted by atomic mass is 16.6. The lowest BCUT2D eigenvalue weighted by Crippen LogP contribution is -2.06. The van der Waals surface area contributed by atoms with Crippen LogP contribution in [0.3, 0.4) is 0 Å². The predicted molar refractivity (Wildman–Crippen MR) is 91.0 cm³/mol. The Morgan fingerprint density at radius 1 is 0.846 bits per heavy atom. The summed E-state index contributed by atoms with van der Waals surface area (Å²) in [5, 5.41) is 0. The first kappa shape index (κ1) is 15.9. The Balaban J connectivity index is 1.79. The molecule has 0 radical (unpaired) electrons. The summed E-state index contributed by atoms with van der Waals surface area (Å²) in [7, 11) is 3.03. The number of benzene rings is 2. The van der Waals surface area contributed by atoms with Crippen LogP contribution in [0.25, 0.3) is 5.76 Å². The Hall–Kier alpha value is -3.61. The van der Waals surface area contributed by atoms with E-state index in [9.17, 15) is 9.59 Å². The molecule has 0 saturated carbocycles. The molecule has 0 spiro atoms. The molecule has 2 aromatic carbocycles. The van der Waals surface area contributed by atoms with Crippen molar-refractivity contribution in [2.24, 2.45) is 4.99 Å². The minimum atomic E-state index is -0.686. The highest BCUT2D eigenvalue weighted by Gasteiger charge is 2.35. The van der Waals surface area contributed by atoms with Gasteiger partial charge in [-0.15, -0.1) is 0 Å². The second-order valence-electron chi connectivity index (χ2n) is 5.49. The van der Waals surface area contributed by atoms with Crippen molar-refractivity contribution in [2.75, 3.05) is 14.2 Å². The monoisotopic (exact) mass is 351 g/mol. The number of rotatable bonds is 3. The fraction of sp³-hybridized carbons (Fsp3) is 0.105. The second-order valence-corrected chi connectivity index (χ2v) is 5.49. The SMILES string of the molecule is COc1ccc(C2=N/C(=C3/OC(=O)c4ccccc43)C(=O)O2)cc1OC. The van der Waals surface area contributed by atoms with E-state index < -0.39 is 11.9 Å². The number of esters is 2. The molecule has 0 fully saturated rings. The van der Waals surface area contributed by atoms with Crippen LogP contribution in [0.2, 0.25) is 0 Å². The van der Waals surface area contributed by atoms with Crippen molar-refractivity contribution in [2.45, 2.75) is 0 Å². The fourth-order valence-electron chi connectivity index (χ4n) is 2.78. The number of carbonyl (C=O) groups is 2. The normalized spacial score (nSPS) is 18.2. The van der Waals surface area contributed by atoms with Crippen LogP contribution in [0.4, 0.5) is 0 Å². The molecule has 0 amide bonds. The first-order valence-electron chi connectivity index (χ1n) is 7.71. The van der Waals surface area contributed by atoms with Gasteiger partial charge in [-0.1, -0.05) is 18.2 Å². The van der Waals surface area contributed by atoms with Crippen LogP contribution in [-0.4, -0.2) is 32.1 Å². The van der Waals surface area contributed by atoms with E-state index in [2.05, 4.69) is 4.99 Å². The number of methoxy groups -OCH3 is 2. The van der Waals surface area contributed by atoms with Gasteiger partial charge in [-0.3, -0.25) is 0 Å². The Morgan fingerprint density at radius 2 is 1.58 bits per heavy atom. The summed E-state index contributed by atoms with van der Waals surface area (Å²) >= 11 is 0. The van der Waals surface area contributed by atoms with E-state index in [1.54, 1.807) is 42.5 Å². The van der Waals surface area contributed by atoms with Gasteiger partial charge in [0.15, 0.2) is 23.0 Å². The molecule has 2 aromatic rings. The van der Waals surface area contributed by atoms with Crippen molar-refractivity contribution in [3.05, 3.63) is 64.9 Å². The molecular formula is C19H13NO6. The van der Waals surface area contributed by atoms with Gasteiger partial charge in [0.25, 0.3) is 0 Å². The van der Waals surface area contributed by atoms with E-state index >= 15 is 0 Å². The van der Waals surface area contributed by atoms with Crippen LogP contribution in [0.15, 0.2) is 53.2 Å². The Morgan fingerprint density at radius 3 is 2.31 bits per heavy atom. The first-order chi connectivity index (χ1) is 12.6. The van der Waals surface area contributed by atoms with Crippen LogP contribution in [0, 0.1) is 0 Å². The van der Waals surface area contributed by atoms with Crippen molar-refractivity contribution >= 4 is 23.6 Å². The van der Waals surface area contributed by atoms with Gasteiger partial charge < -0.3 is 18.9 Å². The molecule has 2 aliphatic rings. The topological polar surface area (TPSA) is 83.4 Å². The number of nitrogens with zero attached hydrogens (tertiary/aromatic N) is 1. The minimum absolute atomic E-state index is 0.0481. The largest absolute Gasteiger partial charge is 0.493 e. The molecule has 130 valence electrons. The molecule has 4 rings (SSSR count). The van der Waals surface area contributed by atoms with Crippen molar-refractivity contribution in [1.82, 2.24) is 0 Å². The molecule has 26 heavy (non-hydrogen) atoms. The fourth-order valence-corrected chi connectivity index (χ4v) is 2.78. The third-order valence-electron chi connectivity index (χ3n) is 4.03. The lowest BCUT2D eigenvalue weighted by molar-refractivity contribution is -0.130. The lowest BCUT2D eigenvalue weighted by atomic mass is 10.1. The van der Waals surface area contributed by atoms with E-state index in [1.807, 2.05) is 0 Å². The number of aliphatic imine (C=N–C) groups is 1. The van der Waals surface area contributed by atoms with E-state index in [0.29, 0.717) is 28.2 Å². The highest BCUT2D eigenvalue weighted by Crippen LogP contribution is 2.35. The maximum absolute atomic E-state index is 12.3. The van der Waals surface area contributed by atoms with Gasteiger partial charge >= 0.3 is 11.9 Å². The van der Waals surface area contributed by atoms with Gasteiger partial charge in [-0.05, 0) is 24.3 Å². The van der Waals surface area contributed by atoms with Crippen LogP contribution < -0.4 is 9.47 Å². The molecule has 7 nitrogen and oxygen atoms in total. The first-order valence-corrected chi connectivity index (χ1v) is 7.71. The molecule has 0 N–H and O–H groups in total. The van der Waals surface area contributed by atoms with Gasteiger partial charge in [0.2, 0.25) is 5.90 Å². The summed E-state index contributed by atoms with van der Waals surface area (Å²) < 4.78 is 20.9. The number of cyclic esters (lactones) is 2. The van der Waals surface area contributed by atoms with Crippen LogP contribution in [0.5, 0.6) is 11.5 Å². The maximum atomic E-state index is 12.3. The summed E-state index contributed by atoms with van der Waals surface area (Å²) in [5.74, 6) is 0.00538. The number of hydrogen-bond donors (Lipinski definition) is 0. The standard InChI is InChI=1S/C19H13NO6/c1-23-13-8-7-10(9-14(13)24-2)17-20-15(19(22)26-17)16-11-5-3-4-6-12(11)18(21)25-16/h3-9H,1-2H3/b16-15+. The van der Waals surface area contributed by atoms with Gasteiger partial charge in [-0.25, -0.2) is 14.6 Å². The molecule has 0 aromatic heterocycles. The maximum Gasteiger partial charge on any atom is 0.367 e. The average molecular weight is 351 g/mol. The Kier molecular flexibility index (Phi) is 3.69. The van der Waals surface area contributed by atoms with Gasteiger partial charge in [0, 0.05) is 11.1 Å². The minimum Gasteiger partial charge on any atom is -0.493 e. The average Bonchev–Trinajstić information content (AvgIpc) is 3.21. The zero-order valence-corrected chi connectivity index (χ0v) is 13.9. The molecule has 0 bridgehead atoms. The molecular weight excluding hydrogens is 338 g/mol. The number of carbonyl (C=O) groups excluding carboxylic acids is 2. The van der Waals surface area contributed by atoms with Gasteiger partial charge in [0.1, 0.15) is 0 Å². The summed E-state index contributed by atoms with van der Waals surface area (Å²) in [6, 6.07) is 11.8. The summed E-state index contributed by atoms with van der Waals surface area (Å²) in [5.41, 5.74) is 1.39. The third-order valence-corrected chi connectivity index (χ3v) is 4.03. The predicted octanol–water partition coefficient (Wildman–Crippen LogP) is 2.55. The molecule has 0 saturated heterocycles. The summed E-state index contributed by atoms with van der Waals surface area (Å²) in [6.07, 6.45) is 0. The molecule has 2 heterocycles.